The van der Waals surface area contributed by atoms with E-state index in [1.165, 1.54) is 19.1 Å². The first kappa shape index (κ1) is 28.5. The number of aromatic nitrogens is 2. The van der Waals surface area contributed by atoms with E-state index >= 15 is 0 Å². The van der Waals surface area contributed by atoms with Crippen molar-refractivity contribution in [2.24, 2.45) is 0 Å². The predicted octanol–water partition coefficient (Wildman–Crippen LogP) is 6.96. The number of methoxy groups -OCH3 is 2. The van der Waals surface area contributed by atoms with Crippen LogP contribution >= 0.6 is 11.6 Å². The number of nitrogens with one attached hydrogen (secondary N) is 1. The lowest BCUT2D eigenvalue weighted by Gasteiger charge is -2.15. The van der Waals surface area contributed by atoms with Crippen LogP contribution in [-0.2, 0) is 9.53 Å². The van der Waals surface area contributed by atoms with Gasteiger partial charge in [-0.25, -0.2) is 19.2 Å². The number of hydrogen-bond acceptors (Lipinski definition) is 7. The smallest absolute Gasteiger partial charge is 0.338 e. The lowest BCUT2D eigenvalue weighted by Crippen LogP contribution is -2.30. The molecule has 0 saturated carbocycles. The summed E-state index contributed by atoms with van der Waals surface area (Å²) in [5.41, 5.74) is 4.38. The maximum Gasteiger partial charge on any atom is 0.338 e. The second-order valence-electron chi connectivity index (χ2n) is 9.25. The molecule has 0 saturated heterocycles. The number of carbonyl (C=O) groups excluding carboxylic acids is 2. The number of fused-ring (bicyclic) bond motifs is 1. The second kappa shape index (κ2) is 12.2. The molecule has 0 bridgehead atoms. The Bertz CT molecular complexity index is 1780. The predicted molar refractivity (Wildman–Crippen MR) is 158 cm³/mol. The Hall–Kier alpha value is -5.02. The third kappa shape index (κ3) is 6.16. The molecule has 0 fully saturated rings. The molecule has 1 heterocycles. The molecule has 42 heavy (non-hydrogen) atoms. The summed E-state index contributed by atoms with van der Waals surface area (Å²) in [4.78, 5) is 35.3. The number of anilines is 1. The number of esters is 1. The van der Waals surface area contributed by atoms with Gasteiger partial charge in [0, 0.05) is 16.8 Å². The van der Waals surface area contributed by atoms with Gasteiger partial charge in [-0.2, -0.15) is 0 Å². The van der Waals surface area contributed by atoms with Crippen LogP contribution in [0.4, 0.5) is 10.1 Å². The molecule has 0 spiro atoms. The fourth-order valence-corrected chi connectivity index (χ4v) is 4.36. The first-order valence-corrected chi connectivity index (χ1v) is 13.2. The average molecular weight is 586 g/mol. The van der Waals surface area contributed by atoms with Crippen LogP contribution in [0.2, 0.25) is 5.02 Å². The number of amides is 1. The van der Waals surface area contributed by atoms with E-state index in [0.29, 0.717) is 33.9 Å². The molecule has 5 rings (SSSR count). The van der Waals surface area contributed by atoms with Crippen molar-refractivity contribution >= 4 is 40.2 Å². The summed E-state index contributed by atoms with van der Waals surface area (Å²) in [5, 5.41) is 2.41. The molecular weight excluding hydrogens is 561 g/mol. The van der Waals surface area contributed by atoms with E-state index in [1.807, 2.05) is 48.5 Å². The number of nitrogens with zero attached hydrogens (tertiary/aromatic N) is 2. The first-order chi connectivity index (χ1) is 20.2. The van der Waals surface area contributed by atoms with Crippen LogP contribution in [0, 0.1) is 5.82 Å². The zero-order valence-electron chi connectivity index (χ0n) is 22.9. The lowest BCUT2D eigenvalue weighted by molar-refractivity contribution is -0.123. The Kier molecular flexibility index (Phi) is 8.31. The Morgan fingerprint density at radius 3 is 1.90 bits per heavy atom. The minimum Gasteiger partial charge on any atom is -0.497 e. The van der Waals surface area contributed by atoms with Gasteiger partial charge in [-0.1, -0.05) is 11.6 Å². The van der Waals surface area contributed by atoms with E-state index in [0.717, 1.165) is 17.2 Å². The van der Waals surface area contributed by atoms with Gasteiger partial charge in [-0.3, -0.25) is 4.79 Å². The van der Waals surface area contributed by atoms with Crippen LogP contribution in [0.5, 0.6) is 11.5 Å². The van der Waals surface area contributed by atoms with Gasteiger partial charge in [0.1, 0.15) is 17.3 Å². The third-order valence-electron chi connectivity index (χ3n) is 6.47. The minimum atomic E-state index is -1.14. The first-order valence-electron chi connectivity index (χ1n) is 12.8. The fraction of sp³-hybridized carbons (Fsp3) is 0.125. The molecule has 0 aliphatic heterocycles. The molecule has 1 atom stereocenters. The molecular formula is C32H25ClFN3O5. The summed E-state index contributed by atoms with van der Waals surface area (Å²) in [5.74, 6) is -0.517. The average Bonchev–Trinajstić information content (AvgIpc) is 3.02. The van der Waals surface area contributed by atoms with Crippen molar-refractivity contribution in [2.75, 3.05) is 19.5 Å². The van der Waals surface area contributed by atoms with Crippen molar-refractivity contribution in [3.63, 3.8) is 0 Å². The van der Waals surface area contributed by atoms with Gasteiger partial charge >= 0.3 is 5.97 Å². The molecule has 0 radical (unpaired) electrons. The summed E-state index contributed by atoms with van der Waals surface area (Å²) in [6.45, 7) is 1.43. The molecule has 5 aromatic rings. The Morgan fingerprint density at radius 2 is 1.36 bits per heavy atom. The summed E-state index contributed by atoms with van der Waals surface area (Å²) in [6.07, 6.45) is -1.14. The van der Waals surface area contributed by atoms with Crippen molar-refractivity contribution < 1.29 is 28.2 Å². The van der Waals surface area contributed by atoms with Gasteiger partial charge in [-0.15, -0.1) is 0 Å². The highest BCUT2D eigenvalue weighted by atomic mass is 35.5. The molecule has 4 aromatic carbocycles. The standard InChI is InChI=1S/C32H25ClFN3O5/c1-18(31(38)35-22-9-14-26(34)25(33)17-22)42-32(39)21-8-15-27-28(16-21)37-30(20-6-12-24(41-3)13-7-20)29(36-27)19-4-10-23(40-2)11-5-19/h4-18H,1-3H3,(H,35,38). The van der Waals surface area contributed by atoms with Crippen LogP contribution < -0.4 is 14.8 Å². The lowest BCUT2D eigenvalue weighted by atomic mass is 10.0. The topological polar surface area (TPSA) is 99.6 Å². The van der Waals surface area contributed by atoms with Crippen molar-refractivity contribution in [1.82, 2.24) is 9.97 Å². The van der Waals surface area contributed by atoms with Gasteiger partial charge in [-0.05, 0) is 91.9 Å². The van der Waals surface area contributed by atoms with Crippen LogP contribution in [0.3, 0.4) is 0 Å². The zero-order valence-corrected chi connectivity index (χ0v) is 23.6. The van der Waals surface area contributed by atoms with Crippen molar-refractivity contribution in [3.05, 3.63) is 101 Å². The van der Waals surface area contributed by atoms with E-state index in [4.69, 9.17) is 35.8 Å². The Labute approximate surface area is 246 Å². The number of ether oxygens (including phenoxy) is 3. The number of halogens is 2. The molecule has 0 aliphatic rings. The summed E-state index contributed by atoms with van der Waals surface area (Å²) in [7, 11) is 3.20. The Morgan fingerprint density at radius 1 is 0.786 bits per heavy atom. The molecule has 1 N–H and O–H groups in total. The normalized spacial score (nSPS) is 11.5. The molecule has 10 heteroatoms. The number of benzene rings is 4. The van der Waals surface area contributed by atoms with Crippen LogP contribution in [0.25, 0.3) is 33.5 Å². The summed E-state index contributed by atoms with van der Waals surface area (Å²) >= 11 is 5.78. The van der Waals surface area contributed by atoms with Gasteiger partial charge in [0.2, 0.25) is 0 Å². The van der Waals surface area contributed by atoms with E-state index in [-0.39, 0.29) is 16.3 Å². The van der Waals surface area contributed by atoms with E-state index in [1.54, 1.807) is 32.4 Å². The molecule has 0 aliphatic carbocycles. The molecule has 1 aromatic heterocycles. The maximum absolute atomic E-state index is 13.4. The highest BCUT2D eigenvalue weighted by molar-refractivity contribution is 6.31. The van der Waals surface area contributed by atoms with Gasteiger partial charge in [0.05, 0.1) is 47.2 Å². The van der Waals surface area contributed by atoms with Crippen molar-refractivity contribution in [3.8, 4) is 34.0 Å². The van der Waals surface area contributed by atoms with E-state index < -0.39 is 23.8 Å². The maximum atomic E-state index is 13.4. The van der Waals surface area contributed by atoms with Crippen LogP contribution in [0.1, 0.15) is 17.3 Å². The van der Waals surface area contributed by atoms with Gasteiger partial charge < -0.3 is 19.5 Å². The molecule has 8 nitrogen and oxygen atoms in total. The van der Waals surface area contributed by atoms with Crippen LogP contribution in [-0.4, -0.2) is 42.2 Å². The van der Waals surface area contributed by atoms with E-state index in [9.17, 15) is 14.0 Å². The van der Waals surface area contributed by atoms with Crippen molar-refractivity contribution in [2.45, 2.75) is 13.0 Å². The molecule has 1 unspecified atom stereocenters. The second-order valence-corrected chi connectivity index (χ2v) is 9.65. The molecule has 212 valence electrons. The summed E-state index contributed by atoms with van der Waals surface area (Å²) < 4.78 is 29.4. The minimum absolute atomic E-state index is 0.140. The van der Waals surface area contributed by atoms with Crippen molar-refractivity contribution in [1.29, 1.82) is 0 Å². The van der Waals surface area contributed by atoms with E-state index in [2.05, 4.69) is 5.32 Å². The molecule has 1 amide bonds. The largest absolute Gasteiger partial charge is 0.497 e. The monoisotopic (exact) mass is 585 g/mol. The highest BCUT2D eigenvalue weighted by Gasteiger charge is 2.21. The quantitative estimate of drug-likeness (QED) is 0.197. The van der Waals surface area contributed by atoms with Crippen LogP contribution in [0.15, 0.2) is 84.9 Å². The third-order valence-corrected chi connectivity index (χ3v) is 6.76. The number of rotatable bonds is 8. The number of carbonyl (C=O) groups is 2. The SMILES string of the molecule is COc1ccc(-c2nc3ccc(C(=O)OC(C)C(=O)Nc4ccc(F)c(Cl)c4)cc3nc2-c2ccc(OC)cc2)cc1. The van der Waals surface area contributed by atoms with Gasteiger partial charge in [0.25, 0.3) is 5.91 Å². The fourth-order valence-electron chi connectivity index (χ4n) is 4.18. The van der Waals surface area contributed by atoms with Gasteiger partial charge in [0.15, 0.2) is 6.10 Å². The Balaban J connectivity index is 1.44. The summed E-state index contributed by atoms with van der Waals surface area (Å²) in [6, 6.07) is 23.5. The zero-order chi connectivity index (χ0) is 29.8. The number of hydrogen-bond donors (Lipinski definition) is 1. The highest BCUT2D eigenvalue weighted by Crippen LogP contribution is 2.33.